The van der Waals surface area contributed by atoms with E-state index in [0.29, 0.717) is 16.8 Å². The van der Waals surface area contributed by atoms with Crippen molar-refractivity contribution >= 4 is 87.5 Å². The quantitative estimate of drug-likeness (QED) is 0.189. The van der Waals surface area contributed by atoms with E-state index >= 15 is 0 Å². The van der Waals surface area contributed by atoms with E-state index in [0.717, 1.165) is 93.2 Å². The topological polar surface area (TPSA) is 83.7 Å². The SMILES string of the molecule is N#Cc1ccc(-n2c3ccccc3c3cc4oc5ccccc5c4cc32)c(-n2c3ccccc3c3cc4oc5ccccc5c4cc32)c1C#N. The van der Waals surface area contributed by atoms with Crippen LogP contribution in [0.4, 0.5) is 0 Å². The molecule has 0 saturated heterocycles. The van der Waals surface area contributed by atoms with Crippen LogP contribution >= 0.6 is 0 Å². The number of nitriles is 2. The molecule has 0 N–H and O–H groups in total. The van der Waals surface area contributed by atoms with Crippen LogP contribution in [0.15, 0.2) is 142 Å². The minimum Gasteiger partial charge on any atom is -0.456 e. The van der Waals surface area contributed by atoms with Gasteiger partial charge in [-0.05, 0) is 60.7 Å². The normalized spacial score (nSPS) is 12.0. The minimum atomic E-state index is 0.311. The molecule has 6 nitrogen and oxygen atoms in total. The first-order valence-corrected chi connectivity index (χ1v) is 16.4. The molecule has 0 unspecified atom stereocenters. The number of aromatic nitrogens is 2. The molecule has 4 heterocycles. The molecule has 7 aromatic carbocycles. The Morgan fingerprint density at radius 3 is 1.46 bits per heavy atom. The Morgan fingerprint density at radius 1 is 0.400 bits per heavy atom. The van der Waals surface area contributed by atoms with Gasteiger partial charge < -0.3 is 18.0 Å². The third kappa shape index (κ3) is 3.39. The van der Waals surface area contributed by atoms with Crippen LogP contribution < -0.4 is 0 Å². The van der Waals surface area contributed by atoms with Gasteiger partial charge in [-0.15, -0.1) is 0 Å². The van der Waals surface area contributed by atoms with Gasteiger partial charge in [-0.25, -0.2) is 0 Å². The summed E-state index contributed by atoms with van der Waals surface area (Å²) in [6.45, 7) is 0. The Labute approximate surface area is 283 Å². The fraction of sp³-hybridized carbons (Fsp3) is 0. The highest BCUT2D eigenvalue weighted by atomic mass is 16.3. The third-order valence-electron chi connectivity index (χ3n) is 10.2. The lowest BCUT2D eigenvalue weighted by Gasteiger charge is -2.19. The number of para-hydroxylation sites is 4. The van der Waals surface area contributed by atoms with E-state index in [-0.39, 0.29) is 0 Å². The molecule has 230 valence electrons. The molecule has 0 aliphatic rings. The lowest BCUT2D eigenvalue weighted by Crippen LogP contribution is -2.07. The molecule has 6 heteroatoms. The third-order valence-corrected chi connectivity index (χ3v) is 10.2. The molecule has 0 spiro atoms. The second-order valence-corrected chi connectivity index (χ2v) is 12.7. The van der Waals surface area contributed by atoms with Crippen molar-refractivity contribution in [1.29, 1.82) is 10.5 Å². The second kappa shape index (κ2) is 9.64. The van der Waals surface area contributed by atoms with Crippen molar-refractivity contribution in [3.8, 4) is 23.5 Å². The van der Waals surface area contributed by atoms with Crippen LogP contribution in [-0.4, -0.2) is 9.13 Å². The Hall–Kier alpha value is -7.28. The van der Waals surface area contributed by atoms with Crippen LogP contribution in [0.25, 0.3) is 98.9 Å². The summed E-state index contributed by atoms with van der Waals surface area (Å²) in [6.07, 6.45) is 0. The molecule has 11 rings (SSSR count). The maximum absolute atomic E-state index is 10.9. The monoisotopic (exact) mass is 638 g/mol. The Morgan fingerprint density at radius 2 is 0.900 bits per heavy atom. The molecule has 11 aromatic rings. The summed E-state index contributed by atoms with van der Waals surface area (Å²) in [5, 5.41) is 29.4. The first kappa shape index (κ1) is 26.8. The zero-order valence-corrected chi connectivity index (χ0v) is 26.3. The predicted molar refractivity (Wildman–Crippen MR) is 199 cm³/mol. The standard InChI is InChI=1S/C44H22N4O2/c45-23-25-17-18-37(47-35-13-5-1-9-26(35)30-21-42-32(19-38(30)47)28-11-3-7-15-40(28)49-42)44(34(25)24-46)48-36-14-6-2-10-27(36)31-22-43-33(20-39(31)48)29-12-4-8-16-41(29)50-43/h1-22H. The van der Waals surface area contributed by atoms with Crippen molar-refractivity contribution in [2.45, 2.75) is 0 Å². The molecular weight excluding hydrogens is 617 g/mol. The maximum atomic E-state index is 10.9. The van der Waals surface area contributed by atoms with Crippen LogP contribution in [0.2, 0.25) is 0 Å². The zero-order valence-electron chi connectivity index (χ0n) is 26.3. The Kier molecular flexibility index (Phi) is 5.16. The summed E-state index contributed by atoms with van der Waals surface area (Å²) < 4.78 is 17.0. The van der Waals surface area contributed by atoms with Crippen LogP contribution in [0.3, 0.4) is 0 Å². The van der Waals surface area contributed by atoms with Crippen LogP contribution in [-0.2, 0) is 0 Å². The number of hydrogen-bond donors (Lipinski definition) is 0. The Bertz CT molecular complexity index is 3360. The average molecular weight is 639 g/mol. The van der Waals surface area contributed by atoms with Gasteiger partial charge >= 0.3 is 0 Å². The van der Waals surface area contributed by atoms with E-state index in [2.05, 4.69) is 81.9 Å². The number of fused-ring (bicyclic) bond motifs is 12. The van der Waals surface area contributed by atoms with Crippen LogP contribution in [0.5, 0.6) is 0 Å². The van der Waals surface area contributed by atoms with Gasteiger partial charge in [0.25, 0.3) is 0 Å². The lowest BCUT2D eigenvalue weighted by atomic mass is 10.0. The van der Waals surface area contributed by atoms with Gasteiger partial charge in [-0.1, -0.05) is 72.8 Å². The number of rotatable bonds is 2. The summed E-state index contributed by atoms with van der Waals surface area (Å²) in [5.41, 5.74) is 9.13. The first-order valence-electron chi connectivity index (χ1n) is 16.4. The van der Waals surface area contributed by atoms with Gasteiger partial charge in [0.2, 0.25) is 0 Å². The molecule has 50 heavy (non-hydrogen) atoms. The molecule has 0 amide bonds. The van der Waals surface area contributed by atoms with Gasteiger partial charge in [0.15, 0.2) is 0 Å². The second-order valence-electron chi connectivity index (χ2n) is 12.7. The highest BCUT2D eigenvalue weighted by Gasteiger charge is 2.25. The molecule has 0 aliphatic carbocycles. The fourth-order valence-corrected chi connectivity index (χ4v) is 8.07. The van der Waals surface area contributed by atoms with Crippen molar-refractivity contribution in [1.82, 2.24) is 9.13 Å². The molecule has 0 saturated carbocycles. The van der Waals surface area contributed by atoms with E-state index in [4.69, 9.17) is 8.83 Å². The van der Waals surface area contributed by atoms with Gasteiger partial charge in [0.1, 0.15) is 34.5 Å². The lowest BCUT2D eigenvalue weighted by molar-refractivity contribution is 0.669. The van der Waals surface area contributed by atoms with Crippen molar-refractivity contribution in [3.05, 3.63) is 145 Å². The summed E-state index contributed by atoms with van der Waals surface area (Å²) >= 11 is 0. The number of nitrogens with zero attached hydrogens (tertiary/aromatic N) is 4. The largest absolute Gasteiger partial charge is 0.456 e. The van der Waals surface area contributed by atoms with Crippen molar-refractivity contribution in [3.63, 3.8) is 0 Å². The summed E-state index contributed by atoms with van der Waals surface area (Å²) in [5.74, 6) is 0. The maximum Gasteiger partial charge on any atom is 0.136 e. The molecule has 0 aliphatic heterocycles. The molecule has 0 radical (unpaired) electrons. The predicted octanol–water partition coefficient (Wildman–Crippen LogP) is 11.4. The molecule has 0 bridgehead atoms. The van der Waals surface area contributed by atoms with Gasteiger partial charge in [0.05, 0.1) is 44.6 Å². The van der Waals surface area contributed by atoms with E-state index in [9.17, 15) is 10.5 Å². The summed E-state index contributed by atoms with van der Waals surface area (Å²) in [7, 11) is 0. The van der Waals surface area contributed by atoms with Crippen LogP contribution in [0, 0.1) is 22.7 Å². The van der Waals surface area contributed by atoms with E-state index in [1.807, 2.05) is 66.7 Å². The van der Waals surface area contributed by atoms with E-state index < -0.39 is 0 Å². The summed E-state index contributed by atoms with van der Waals surface area (Å²) in [6, 6.07) is 49.7. The highest BCUT2D eigenvalue weighted by Crippen LogP contribution is 2.43. The van der Waals surface area contributed by atoms with Crippen molar-refractivity contribution in [2.24, 2.45) is 0 Å². The Balaban J connectivity index is 1.34. The van der Waals surface area contributed by atoms with E-state index in [1.165, 1.54) is 0 Å². The van der Waals surface area contributed by atoms with Gasteiger partial charge in [-0.3, -0.25) is 0 Å². The molecule has 4 aromatic heterocycles. The van der Waals surface area contributed by atoms with Crippen LogP contribution in [0.1, 0.15) is 11.1 Å². The number of hydrogen-bond acceptors (Lipinski definition) is 4. The molecule has 0 atom stereocenters. The summed E-state index contributed by atoms with van der Waals surface area (Å²) in [4.78, 5) is 0. The van der Waals surface area contributed by atoms with Gasteiger partial charge in [0, 0.05) is 43.1 Å². The minimum absolute atomic E-state index is 0.311. The number of benzene rings is 7. The highest BCUT2D eigenvalue weighted by molar-refractivity contribution is 6.19. The molecule has 0 fully saturated rings. The average Bonchev–Trinajstić information content (AvgIpc) is 3.89. The van der Waals surface area contributed by atoms with E-state index in [1.54, 1.807) is 6.07 Å². The smallest absolute Gasteiger partial charge is 0.136 e. The van der Waals surface area contributed by atoms with Gasteiger partial charge in [-0.2, -0.15) is 10.5 Å². The number of furan rings is 2. The fourth-order valence-electron chi connectivity index (χ4n) is 8.07. The zero-order chi connectivity index (χ0) is 33.1. The van der Waals surface area contributed by atoms with Crippen molar-refractivity contribution in [2.75, 3.05) is 0 Å². The first-order chi connectivity index (χ1) is 24.7. The molecular formula is C44H22N4O2. The van der Waals surface area contributed by atoms with Crippen molar-refractivity contribution < 1.29 is 8.83 Å².